The van der Waals surface area contributed by atoms with Crippen LogP contribution in [0, 0.1) is 5.82 Å². The first kappa shape index (κ1) is 17.7. The molecular formula is C15H20FNO5. The Labute approximate surface area is 128 Å². The van der Waals surface area contributed by atoms with E-state index in [2.05, 4.69) is 10.1 Å². The monoisotopic (exact) mass is 313 g/mol. The molecule has 7 heteroatoms. The Balaban J connectivity index is 2.43. The van der Waals surface area contributed by atoms with E-state index in [1.807, 2.05) is 0 Å². The molecule has 0 atom stereocenters. The minimum Gasteiger partial charge on any atom is -0.489 e. The average Bonchev–Trinajstić information content (AvgIpc) is 2.42. The number of carbonyl (C=O) groups excluding carboxylic acids is 2. The Morgan fingerprint density at radius 1 is 1.27 bits per heavy atom. The summed E-state index contributed by atoms with van der Waals surface area (Å²) in [6.45, 7) is 5.48. The number of alkyl carbamates (subject to hydrolysis) is 1. The number of rotatable bonds is 5. The second-order valence-electron chi connectivity index (χ2n) is 5.41. The van der Waals surface area contributed by atoms with Gasteiger partial charge in [-0.05, 0) is 39.0 Å². The molecule has 1 aromatic carbocycles. The van der Waals surface area contributed by atoms with Gasteiger partial charge in [0, 0.05) is 0 Å². The molecule has 0 fully saturated rings. The molecule has 0 unspecified atom stereocenters. The molecule has 122 valence electrons. The molecule has 0 aromatic heterocycles. The van der Waals surface area contributed by atoms with Gasteiger partial charge >= 0.3 is 12.1 Å². The predicted molar refractivity (Wildman–Crippen MR) is 77.5 cm³/mol. The summed E-state index contributed by atoms with van der Waals surface area (Å²) in [5.41, 5.74) is -0.486. The molecule has 0 heterocycles. The summed E-state index contributed by atoms with van der Waals surface area (Å²) in [5, 5.41) is 2.48. The van der Waals surface area contributed by atoms with Gasteiger partial charge in [0.1, 0.15) is 12.2 Å². The van der Waals surface area contributed by atoms with E-state index in [1.54, 1.807) is 20.8 Å². The van der Waals surface area contributed by atoms with Crippen molar-refractivity contribution >= 4 is 12.1 Å². The summed E-state index contributed by atoms with van der Waals surface area (Å²) in [6.07, 6.45) is -0.572. The van der Waals surface area contributed by atoms with Crippen molar-refractivity contribution in [1.82, 2.24) is 5.32 Å². The van der Waals surface area contributed by atoms with Gasteiger partial charge in [-0.1, -0.05) is 0 Å². The minimum absolute atomic E-state index is 0.0151. The summed E-state index contributed by atoms with van der Waals surface area (Å²) >= 11 is 0. The van der Waals surface area contributed by atoms with Crippen LogP contribution in [0.2, 0.25) is 0 Å². The molecule has 0 spiro atoms. The van der Waals surface area contributed by atoms with E-state index in [-0.39, 0.29) is 24.5 Å². The van der Waals surface area contributed by atoms with Crippen LogP contribution >= 0.6 is 0 Å². The van der Waals surface area contributed by atoms with Crippen molar-refractivity contribution in [2.45, 2.75) is 26.4 Å². The van der Waals surface area contributed by atoms with Gasteiger partial charge in [0.25, 0.3) is 0 Å². The lowest BCUT2D eigenvalue weighted by Crippen LogP contribution is -2.34. The summed E-state index contributed by atoms with van der Waals surface area (Å²) in [7, 11) is 1.22. The van der Waals surface area contributed by atoms with Crippen LogP contribution in [0.1, 0.15) is 31.1 Å². The number of hydrogen-bond donors (Lipinski definition) is 1. The van der Waals surface area contributed by atoms with Gasteiger partial charge in [-0.2, -0.15) is 0 Å². The van der Waals surface area contributed by atoms with Crippen molar-refractivity contribution < 1.29 is 28.2 Å². The van der Waals surface area contributed by atoms with E-state index in [9.17, 15) is 14.0 Å². The standard InChI is InChI=1S/C15H20FNO5/c1-15(2,3)22-14(19)17-7-8-21-12-6-5-10(9-11(12)16)13(18)20-4/h5-6,9H,7-8H2,1-4H3,(H,17,19). The second-order valence-corrected chi connectivity index (χ2v) is 5.41. The quantitative estimate of drug-likeness (QED) is 0.668. The smallest absolute Gasteiger partial charge is 0.407 e. The van der Waals surface area contributed by atoms with Crippen molar-refractivity contribution in [2.24, 2.45) is 0 Å². The minimum atomic E-state index is -0.680. The van der Waals surface area contributed by atoms with Crippen LogP contribution in [-0.4, -0.2) is 37.9 Å². The highest BCUT2D eigenvalue weighted by Gasteiger charge is 2.15. The van der Waals surface area contributed by atoms with Gasteiger partial charge in [0.2, 0.25) is 0 Å². The average molecular weight is 313 g/mol. The first-order valence-electron chi connectivity index (χ1n) is 6.70. The van der Waals surface area contributed by atoms with Crippen molar-refractivity contribution in [2.75, 3.05) is 20.3 Å². The number of amides is 1. The highest BCUT2D eigenvalue weighted by molar-refractivity contribution is 5.89. The number of ether oxygens (including phenoxy) is 3. The Hall–Kier alpha value is -2.31. The number of hydrogen-bond acceptors (Lipinski definition) is 5. The molecule has 0 aliphatic heterocycles. The van der Waals surface area contributed by atoms with E-state index in [0.29, 0.717) is 0 Å². The van der Waals surface area contributed by atoms with Gasteiger partial charge in [0.15, 0.2) is 11.6 Å². The predicted octanol–water partition coefficient (Wildman–Crippen LogP) is 2.52. The van der Waals surface area contributed by atoms with Gasteiger partial charge in [-0.3, -0.25) is 0 Å². The number of methoxy groups -OCH3 is 1. The van der Waals surface area contributed by atoms with E-state index in [0.717, 1.165) is 6.07 Å². The third kappa shape index (κ3) is 5.99. The fourth-order valence-corrected chi connectivity index (χ4v) is 1.49. The lowest BCUT2D eigenvalue weighted by atomic mass is 10.2. The molecule has 1 N–H and O–H groups in total. The van der Waals surface area contributed by atoms with E-state index >= 15 is 0 Å². The molecule has 0 bridgehead atoms. The highest BCUT2D eigenvalue weighted by atomic mass is 19.1. The number of carbonyl (C=O) groups is 2. The molecule has 1 aromatic rings. The zero-order valence-electron chi connectivity index (χ0n) is 13.1. The number of esters is 1. The Morgan fingerprint density at radius 2 is 1.95 bits per heavy atom. The topological polar surface area (TPSA) is 73.9 Å². The number of nitrogens with one attached hydrogen (secondary N) is 1. The van der Waals surface area contributed by atoms with Crippen molar-refractivity contribution in [1.29, 1.82) is 0 Å². The third-order valence-corrected chi connectivity index (χ3v) is 2.38. The molecule has 0 saturated carbocycles. The second kappa shape index (κ2) is 7.63. The maximum absolute atomic E-state index is 13.7. The lowest BCUT2D eigenvalue weighted by Gasteiger charge is -2.19. The van der Waals surface area contributed by atoms with Crippen molar-refractivity contribution in [3.05, 3.63) is 29.6 Å². The Bertz CT molecular complexity index is 539. The van der Waals surface area contributed by atoms with E-state index < -0.39 is 23.5 Å². The van der Waals surface area contributed by atoms with E-state index in [4.69, 9.17) is 9.47 Å². The molecule has 1 rings (SSSR count). The highest BCUT2D eigenvalue weighted by Crippen LogP contribution is 2.18. The first-order chi connectivity index (χ1) is 10.2. The van der Waals surface area contributed by atoms with Crippen LogP contribution in [0.3, 0.4) is 0 Å². The number of halogens is 1. The van der Waals surface area contributed by atoms with Crippen molar-refractivity contribution in [3.8, 4) is 5.75 Å². The maximum Gasteiger partial charge on any atom is 0.407 e. The van der Waals surface area contributed by atoms with Gasteiger partial charge in [0.05, 0.1) is 19.2 Å². The van der Waals surface area contributed by atoms with Gasteiger partial charge in [-0.25, -0.2) is 14.0 Å². The molecular weight excluding hydrogens is 293 g/mol. The van der Waals surface area contributed by atoms with Crippen LogP contribution in [0.4, 0.5) is 9.18 Å². The molecule has 6 nitrogen and oxygen atoms in total. The van der Waals surface area contributed by atoms with Crippen LogP contribution in [0.25, 0.3) is 0 Å². The maximum atomic E-state index is 13.7. The Kier molecular flexibility index (Phi) is 6.15. The largest absolute Gasteiger partial charge is 0.489 e. The van der Waals surface area contributed by atoms with Crippen LogP contribution in [0.5, 0.6) is 5.75 Å². The van der Waals surface area contributed by atoms with E-state index in [1.165, 1.54) is 19.2 Å². The van der Waals surface area contributed by atoms with Crippen LogP contribution in [0.15, 0.2) is 18.2 Å². The molecule has 0 aliphatic carbocycles. The molecule has 0 aliphatic rings. The van der Waals surface area contributed by atoms with Crippen molar-refractivity contribution in [3.63, 3.8) is 0 Å². The fourth-order valence-electron chi connectivity index (χ4n) is 1.49. The SMILES string of the molecule is COC(=O)c1ccc(OCCNC(=O)OC(C)(C)C)c(F)c1. The zero-order chi connectivity index (χ0) is 16.8. The zero-order valence-corrected chi connectivity index (χ0v) is 13.1. The van der Waals surface area contributed by atoms with Gasteiger partial charge < -0.3 is 19.5 Å². The van der Waals surface area contributed by atoms with Gasteiger partial charge in [-0.15, -0.1) is 0 Å². The first-order valence-corrected chi connectivity index (χ1v) is 6.70. The van der Waals surface area contributed by atoms with Crippen LogP contribution in [-0.2, 0) is 9.47 Å². The summed E-state index contributed by atoms with van der Waals surface area (Å²) in [6, 6.07) is 3.75. The number of benzene rings is 1. The fraction of sp³-hybridized carbons (Fsp3) is 0.467. The Morgan fingerprint density at radius 3 is 2.50 bits per heavy atom. The molecule has 0 saturated heterocycles. The lowest BCUT2D eigenvalue weighted by molar-refractivity contribution is 0.0518. The summed E-state index contributed by atoms with van der Waals surface area (Å²) < 4.78 is 28.4. The van der Waals surface area contributed by atoms with Crippen LogP contribution < -0.4 is 10.1 Å². The summed E-state index contributed by atoms with van der Waals surface area (Å²) in [4.78, 5) is 22.6. The normalized spacial score (nSPS) is 10.8. The molecule has 22 heavy (non-hydrogen) atoms. The molecule has 0 radical (unpaired) electrons. The molecule has 1 amide bonds. The third-order valence-electron chi connectivity index (χ3n) is 2.38. The summed E-state index contributed by atoms with van der Waals surface area (Å²) in [5.74, 6) is -1.32.